The number of rotatable bonds is 3. The van der Waals surface area contributed by atoms with Crippen molar-refractivity contribution in [1.29, 1.82) is 0 Å². The van der Waals surface area contributed by atoms with Crippen LogP contribution < -0.4 is 4.13 Å². The van der Waals surface area contributed by atoms with Crippen molar-refractivity contribution in [2.75, 3.05) is 0 Å². The van der Waals surface area contributed by atoms with E-state index in [1.807, 2.05) is 10.2 Å². The predicted molar refractivity (Wildman–Crippen MR) is 51.2 cm³/mol. The molecule has 0 atom stereocenters. The summed E-state index contributed by atoms with van der Waals surface area (Å²) in [6.45, 7) is 0. The van der Waals surface area contributed by atoms with Gasteiger partial charge in [-0.15, -0.1) is 0 Å². The fraction of sp³-hybridized carbons (Fsp3) is 0.143. The van der Waals surface area contributed by atoms with Crippen LogP contribution in [0.3, 0.4) is 0 Å². The Kier molecular flexibility index (Phi) is 3.13. The molecule has 12 heavy (non-hydrogen) atoms. The molecule has 1 aromatic rings. The van der Waals surface area contributed by atoms with Crippen molar-refractivity contribution in [3.63, 3.8) is 0 Å². The molecule has 0 aliphatic carbocycles. The molecule has 5 heteroatoms. The summed E-state index contributed by atoms with van der Waals surface area (Å²) in [5, 5.41) is 0. The summed E-state index contributed by atoms with van der Waals surface area (Å²) in [7, 11) is -3.26. The van der Waals surface area contributed by atoms with Crippen LogP contribution in [0.15, 0.2) is 30.3 Å². The average molecular weight is 203 g/mol. The van der Waals surface area contributed by atoms with Crippen LogP contribution in [-0.2, 0) is 15.8 Å². The highest BCUT2D eigenvalue weighted by atomic mass is 32.3. The van der Waals surface area contributed by atoms with Gasteiger partial charge in [-0.2, -0.15) is 4.13 Å². The summed E-state index contributed by atoms with van der Waals surface area (Å²) in [5.41, 5.74) is 0.749. The Morgan fingerprint density at radius 3 is 2.33 bits per heavy atom. The molecule has 3 nitrogen and oxygen atoms in total. The van der Waals surface area contributed by atoms with E-state index in [2.05, 4.69) is 12.8 Å². The molecule has 0 fully saturated rings. The van der Waals surface area contributed by atoms with Gasteiger partial charge in [-0.05, 0) is 5.56 Å². The minimum absolute atomic E-state index is 0.0304. The largest absolute Gasteiger partial charge is 0.224 e. The molecule has 1 aromatic carbocycles. The van der Waals surface area contributed by atoms with E-state index in [1.54, 1.807) is 24.3 Å². The van der Waals surface area contributed by atoms with Gasteiger partial charge in [-0.1, -0.05) is 43.1 Å². The van der Waals surface area contributed by atoms with Crippen LogP contribution in [-0.4, -0.2) is 8.42 Å². The van der Waals surface area contributed by atoms with Gasteiger partial charge < -0.3 is 0 Å². The maximum Gasteiger partial charge on any atom is 0.224 e. The van der Waals surface area contributed by atoms with Gasteiger partial charge in [0, 0.05) is 0 Å². The molecule has 0 heterocycles. The highest BCUT2D eigenvalue weighted by Gasteiger charge is 2.07. The summed E-state index contributed by atoms with van der Waals surface area (Å²) in [6, 6.07) is 8.93. The van der Waals surface area contributed by atoms with Crippen molar-refractivity contribution in [3.05, 3.63) is 35.9 Å². The normalized spacial score (nSPS) is 11.4. The van der Waals surface area contributed by atoms with E-state index < -0.39 is 10.0 Å². The molecule has 1 N–H and O–H groups in total. The topological polar surface area (TPSA) is 46.2 Å². The summed E-state index contributed by atoms with van der Waals surface area (Å²) >= 11 is 3.49. The third kappa shape index (κ3) is 2.84. The Balaban J connectivity index is 2.78. The van der Waals surface area contributed by atoms with Crippen molar-refractivity contribution in [2.24, 2.45) is 0 Å². The number of hydrogen-bond acceptors (Lipinski definition) is 3. The van der Waals surface area contributed by atoms with Crippen molar-refractivity contribution >= 4 is 22.8 Å². The molecule has 0 bridgehead atoms. The number of benzene rings is 1. The van der Waals surface area contributed by atoms with Gasteiger partial charge in [0.1, 0.15) is 0 Å². The van der Waals surface area contributed by atoms with Gasteiger partial charge in [0.2, 0.25) is 10.0 Å². The van der Waals surface area contributed by atoms with Crippen LogP contribution in [0.25, 0.3) is 0 Å². The fourth-order valence-electron chi connectivity index (χ4n) is 0.826. The lowest BCUT2D eigenvalue weighted by atomic mass is 10.2. The third-order valence-corrected chi connectivity index (χ3v) is 3.16. The third-order valence-electron chi connectivity index (χ3n) is 1.34. The van der Waals surface area contributed by atoms with Gasteiger partial charge in [-0.25, -0.2) is 8.42 Å². The molecule has 0 aliphatic heterocycles. The Labute approximate surface area is 77.4 Å². The minimum atomic E-state index is -3.26. The molecule has 66 valence electrons. The Hall–Kier alpha value is -0.520. The second kappa shape index (κ2) is 3.93. The summed E-state index contributed by atoms with van der Waals surface area (Å²) in [6.07, 6.45) is 0. The molecule has 1 rings (SSSR count). The lowest BCUT2D eigenvalue weighted by Crippen LogP contribution is -2.15. The molecule has 0 saturated heterocycles. The van der Waals surface area contributed by atoms with Gasteiger partial charge in [-0.3, -0.25) is 0 Å². The maximum atomic E-state index is 11.0. The monoisotopic (exact) mass is 203 g/mol. The van der Waals surface area contributed by atoms with Crippen LogP contribution in [0, 0.1) is 0 Å². The van der Waals surface area contributed by atoms with E-state index in [1.165, 1.54) is 0 Å². The average Bonchev–Trinajstić information content (AvgIpc) is 2.06. The molecule has 0 aliphatic rings. The first-order chi connectivity index (χ1) is 5.64. The molecule has 0 aromatic heterocycles. The Morgan fingerprint density at radius 1 is 1.25 bits per heavy atom. The van der Waals surface area contributed by atoms with Crippen molar-refractivity contribution < 1.29 is 8.42 Å². The molecular weight excluding hydrogens is 194 g/mol. The molecule has 0 saturated carbocycles. The number of sulfonamides is 1. The molecule has 0 radical (unpaired) electrons. The minimum Gasteiger partial charge on any atom is -0.211 e. The highest BCUT2D eigenvalue weighted by Crippen LogP contribution is 2.03. The van der Waals surface area contributed by atoms with Gasteiger partial charge in [0.15, 0.2) is 0 Å². The molecule has 0 unspecified atom stereocenters. The zero-order valence-corrected chi connectivity index (χ0v) is 7.98. The second-order valence-corrected chi connectivity index (χ2v) is 4.58. The summed E-state index contributed by atoms with van der Waals surface area (Å²) in [4.78, 5) is 0. The molecule has 0 spiro atoms. The van der Waals surface area contributed by atoms with Crippen molar-refractivity contribution in [3.8, 4) is 0 Å². The van der Waals surface area contributed by atoms with Crippen LogP contribution in [0.4, 0.5) is 0 Å². The van der Waals surface area contributed by atoms with E-state index in [4.69, 9.17) is 0 Å². The second-order valence-electron chi connectivity index (χ2n) is 2.34. The van der Waals surface area contributed by atoms with Crippen LogP contribution in [0.1, 0.15) is 5.56 Å². The molecule has 0 amide bonds. The van der Waals surface area contributed by atoms with Crippen molar-refractivity contribution in [2.45, 2.75) is 5.75 Å². The van der Waals surface area contributed by atoms with E-state index in [0.29, 0.717) is 0 Å². The lowest BCUT2D eigenvalue weighted by molar-refractivity contribution is 0.594. The predicted octanol–water partition coefficient (Wildman–Crippen LogP) is 0.951. The highest BCUT2D eigenvalue weighted by molar-refractivity contribution is 7.99. The van der Waals surface area contributed by atoms with Crippen molar-refractivity contribution in [1.82, 2.24) is 4.13 Å². The van der Waals surface area contributed by atoms with E-state index in [9.17, 15) is 8.42 Å². The summed E-state index contributed by atoms with van der Waals surface area (Å²) < 4.78 is 23.9. The van der Waals surface area contributed by atoms with E-state index in [0.717, 1.165) is 5.56 Å². The fourth-order valence-corrected chi connectivity index (χ4v) is 1.72. The smallest absolute Gasteiger partial charge is 0.211 e. The SMILES string of the molecule is O=S(=O)(Cc1ccccc1)NS. The number of nitrogens with one attached hydrogen (secondary N) is 1. The van der Waals surface area contributed by atoms with Gasteiger partial charge in [0.25, 0.3) is 0 Å². The van der Waals surface area contributed by atoms with Crippen LogP contribution in [0.2, 0.25) is 0 Å². The zero-order valence-electron chi connectivity index (χ0n) is 6.27. The van der Waals surface area contributed by atoms with E-state index in [-0.39, 0.29) is 5.75 Å². The van der Waals surface area contributed by atoms with Gasteiger partial charge >= 0.3 is 0 Å². The van der Waals surface area contributed by atoms with Crippen LogP contribution in [0.5, 0.6) is 0 Å². The maximum absolute atomic E-state index is 11.0. The van der Waals surface area contributed by atoms with E-state index >= 15 is 0 Å². The first-order valence-electron chi connectivity index (χ1n) is 3.31. The first kappa shape index (κ1) is 9.57. The summed E-state index contributed by atoms with van der Waals surface area (Å²) in [5.74, 6) is -0.0304. The number of hydrogen-bond donors (Lipinski definition) is 2. The Morgan fingerprint density at radius 2 is 1.83 bits per heavy atom. The first-order valence-corrected chi connectivity index (χ1v) is 5.41. The van der Waals surface area contributed by atoms with Gasteiger partial charge in [0.05, 0.1) is 5.75 Å². The standard InChI is InChI=1S/C7H9NO2S2/c9-12(10,8-11)6-7-4-2-1-3-5-7/h1-5,8,11H,6H2. The quantitative estimate of drug-likeness (QED) is 0.718. The Bertz CT molecular complexity index is 334. The van der Waals surface area contributed by atoms with Crippen LogP contribution >= 0.6 is 12.8 Å². The zero-order chi connectivity index (χ0) is 9.03. The molecular formula is C7H9NO2S2. The lowest BCUT2D eigenvalue weighted by Gasteiger charge is -2.00. The number of thiol groups is 1.